The summed E-state index contributed by atoms with van der Waals surface area (Å²) in [6.45, 7) is 11.2. The van der Waals surface area contributed by atoms with Crippen LogP contribution < -0.4 is 0 Å². The van der Waals surface area contributed by atoms with Crippen LogP contribution in [0.25, 0.3) is 33.4 Å². The Balaban J connectivity index is 1.70. The van der Waals surface area contributed by atoms with Gasteiger partial charge in [0.15, 0.2) is 0 Å². The number of rotatable bonds is 4. The summed E-state index contributed by atoms with van der Waals surface area (Å²) in [6.07, 6.45) is 5.36. The van der Waals surface area contributed by atoms with Gasteiger partial charge in [-0.15, -0.1) is 0 Å². The largest absolute Gasteiger partial charge is 0.0913 e. The monoisotopic (exact) mass is 428 g/mol. The van der Waals surface area contributed by atoms with Gasteiger partial charge in [-0.3, -0.25) is 0 Å². The summed E-state index contributed by atoms with van der Waals surface area (Å²) < 4.78 is 0. The standard InChI is InChI=1S/C33H32/c1-6-7-12-28-26(14-10-15-27(28)25-13-9-8-11-23(25)3)24-17-19-30-29-18-16-22(2)20-31(29)33(4,5)32(30)21-24/h6-11,13-21H,12H2,1-5H3/b7-6+. The van der Waals surface area contributed by atoms with E-state index >= 15 is 0 Å². The second kappa shape index (κ2) is 8.19. The van der Waals surface area contributed by atoms with Crippen molar-refractivity contribution in [1.82, 2.24) is 0 Å². The molecule has 0 N–H and O–H groups in total. The Morgan fingerprint density at radius 2 is 1.33 bits per heavy atom. The first-order chi connectivity index (χ1) is 15.9. The van der Waals surface area contributed by atoms with Gasteiger partial charge in [0, 0.05) is 5.41 Å². The highest BCUT2D eigenvalue weighted by molar-refractivity contribution is 5.86. The zero-order valence-electron chi connectivity index (χ0n) is 20.4. The van der Waals surface area contributed by atoms with Crippen LogP contribution in [0.2, 0.25) is 0 Å². The first kappa shape index (κ1) is 21.5. The van der Waals surface area contributed by atoms with Crippen molar-refractivity contribution in [2.45, 2.75) is 46.5 Å². The Morgan fingerprint density at radius 3 is 2.09 bits per heavy atom. The minimum absolute atomic E-state index is 0.00378. The number of hydrogen-bond acceptors (Lipinski definition) is 0. The van der Waals surface area contributed by atoms with Gasteiger partial charge in [0.2, 0.25) is 0 Å². The average molecular weight is 429 g/mol. The Kier molecular flexibility index (Phi) is 5.33. The van der Waals surface area contributed by atoms with Crippen molar-refractivity contribution in [3.63, 3.8) is 0 Å². The van der Waals surface area contributed by atoms with Crippen molar-refractivity contribution < 1.29 is 0 Å². The minimum Gasteiger partial charge on any atom is -0.0913 e. The van der Waals surface area contributed by atoms with Crippen molar-refractivity contribution >= 4 is 0 Å². The van der Waals surface area contributed by atoms with Gasteiger partial charge in [-0.1, -0.05) is 104 Å². The average Bonchev–Trinajstić information content (AvgIpc) is 3.04. The van der Waals surface area contributed by atoms with Crippen LogP contribution in [0.4, 0.5) is 0 Å². The summed E-state index contributed by atoms with van der Waals surface area (Å²) in [5.74, 6) is 0. The van der Waals surface area contributed by atoms with Crippen LogP contribution in [-0.4, -0.2) is 0 Å². The lowest BCUT2D eigenvalue weighted by Gasteiger charge is -2.23. The molecule has 0 radical (unpaired) electrons. The summed E-state index contributed by atoms with van der Waals surface area (Å²) in [5, 5.41) is 0. The maximum atomic E-state index is 2.45. The molecule has 0 saturated heterocycles. The third-order valence-electron chi connectivity index (χ3n) is 7.31. The van der Waals surface area contributed by atoms with E-state index in [2.05, 4.69) is 126 Å². The highest BCUT2D eigenvalue weighted by Gasteiger charge is 2.35. The van der Waals surface area contributed by atoms with Crippen LogP contribution >= 0.6 is 0 Å². The van der Waals surface area contributed by atoms with Crippen LogP contribution in [0.3, 0.4) is 0 Å². The molecule has 4 aromatic carbocycles. The SMILES string of the molecule is C/C=C/Cc1c(-c2ccc3c(c2)C(C)(C)c2cc(C)ccc2-3)cccc1-c1ccccc1C. The van der Waals surface area contributed by atoms with Gasteiger partial charge in [0.1, 0.15) is 0 Å². The quantitative estimate of drug-likeness (QED) is 0.284. The van der Waals surface area contributed by atoms with Gasteiger partial charge < -0.3 is 0 Å². The van der Waals surface area contributed by atoms with Gasteiger partial charge >= 0.3 is 0 Å². The van der Waals surface area contributed by atoms with E-state index in [1.54, 1.807) is 0 Å². The first-order valence-corrected chi connectivity index (χ1v) is 12.0. The molecule has 0 fully saturated rings. The molecule has 1 aliphatic rings. The second-order valence-electron chi connectivity index (χ2n) is 9.85. The summed E-state index contributed by atoms with van der Waals surface area (Å²) >= 11 is 0. The van der Waals surface area contributed by atoms with E-state index in [4.69, 9.17) is 0 Å². The number of benzene rings is 4. The maximum Gasteiger partial charge on any atom is 0.0159 e. The zero-order chi connectivity index (χ0) is 23.2. The van der Waals surface area contributed by atoms with Gasteiger partial charge in [-0.05, 0) is 88.9 Å². The topological polar surface area (TPSA) is 0 Å². The van der Waals surface area contributed by atoms with Crippen molar-refractivity contribution in [2.24, 2.45) is 0 Å². The molecule has 0 aliphatic heterocycles. The third-order valence-corrected chi connectivity index (χ3v) is 7.31. The fraction of sp³-hybridized carbons (Fsp3) is 0.212. The van der Waals surface area contributed by atoms with E-state index in [-0.39, 0.29) is 5.41 Å². The second-order valence-corrected chi connectivity index (χ2v) is 9.85. The predicted molar refractivity (Wildman–Crippen MR) is 143 cm³/mol. The molecular formula is C33H32. The summed E-state index contributed by atoms with van der Waals surface area (Å²) in [5.41, 5.74) is 15.0. The smallest absolute Gasteiger partial charge is 0.0159 e. The van der Waals surface area contributed by atoms with Crippen molar-refractivity contribution in [3.8, 4) is 33.4 Å². The molecule has 4 aromatic rings. The van der Waals surface area contributed by atoms with E-state index in [9.17, 15) is 0 Å². The molecule has 5 rings (SSSR count). The van der Waals surface area contributed by atoms with Gasteiger partial charge in [-0.25, -0.2) is 0 Å². The van der Waals surface area contributed by atoms with E-state index < -0.39 is 0 Å². The normalized spacial score (nSPS) is 13.8. The number of aryl methyl sites for hydroxylation is 2. The van der Waals surface area contributed by atoms with Crippen molar-refractivity contribution in [2.75, 3.05) is 0 Å². The summed E-state index contributed by atoms with van der Waals surface area (Å²) in [6, 6.07) is 29.5. The Hall–Kier alpha value is -3.38. The molecule has 1 aliphatic carbocycles. The highest BCUT2D eigenvalue weighted by atomic mass is 14.4. The molecule has 0 heterocycles. The Labute approximate surface area is 198 Å². The maximum absolute atomic E-state index is 2.45. The molecule has 0 heteroatoms. The Morgan fingerprint density at radius 1 is 0.667 bits per heavy atom. The molecule has 0 bridgehead atoms. The lowest BCUT2D eigenvalue weighted by atomic mass is 9.80. The van der Waals surface area contributed by atoms with Crippen LogP contribution in [0, 0.1) is 13.8 Å². The molecule has 164 valence electrons. The van der Waals surface area contributed by atoms with E-state index in [0.717, 1.165) is 6.42 Å². The molecule has 0 saturated carbocycles. The summed E-state index contributed by atoms with van der Waals surface area (Å²) in [4.78, 5) is 0. The fourth-order valence-electron chi connectivity index (χ4n) is 5.46. The first-order valence-electron chi connectivity index (χ1n) is 12.0. The lowest BCUT2D eigenvalue weighted by Crippen LogP contribution is -2.15. The van der Waals surface area contributed by atoms with Gasteiger partial charge in [0.05, 0.1) is 0 Å². The Bertz CT molecular complexity index is 1380. The number of fused-ring (bicyclic) bond motifs is 3. The third kappa shape index (κ3) is 3.55. The molecule has 0 atom stereocenters. The number of allylic oxidation sites excluding steroid dienone is 2. The van der Waals surface area contributed by atoms with Crippen LogP contribution in [0.1, 0.15) is 48.6 Å². The molecule has 33 heavy (non-hydrogen) atoms. The summed E-state index contributed by atoms with van der Waals surface area (Å²) in [7, 11) is 0. The molecule has 0 amide bonds. The molecule has 0 nitrogen and oxygen atoms in total. The van der Waals surface area contributed by atoms with E-state index in [1.165, 1.54) is 61.2 Å². The fourth-order valence-corrected chi connectivity index (χ4v) is 5.46. The molecular weight excluding hydrogens is 396 g/mol. The van der Waals surface area contributed by atoms with Crippen LogP contribution in [0.15, 0.2) is 91.0 Å². The van der Waals surface area contributed by atoms with Crippen molar-refractivity contribution in [3.05, 3.63) is 119 Å². The highest BCUT2D eigenvalue weighted by Crippen LogP contribution is 2.50. The zero-order valence-corrected chi connectivity index (χ0v) is 20.4. The molecule has 0 aromatic heterocycles. The van der Waals surface area contributed by atoms with Crippen LogP contribution in [-0.2, 0) is 11.8 Å². The minimum atomic E-state index is 0.00378. The van der Waals surface area contributed by atoms with Crippen molar-refractivity contribution in [1.29, 1.82) is 0 Å². The number of hydrogen-bond donors (Lipinski definition) is 0. The van der Waals surface area contributed by atoms with Gasteiger partial charge in [-0.2, -0.15) is 0 Å². The molecule has 0 unspecified atom stereocenters. The van der Waals surface area contributed by atoms with E-state index in [1.807, 2.05) is 0 Å². The van der Waals surface area contributed by atoms with Crippen LogP contribution in [0.5, 0.6) is 0 Å². The van der Waals surface area contributed by atoms with E-state index in [0.29, 0.717) is 0 Å². The molecule has 0 spiro atoms. The lowest BCUT2D eigenvalue weighted by molar-refractivity contribution is 0.660. The van der Waals surface area contributed by atoms with Gasteiger partial charge in [0.25, 0.3) is 0 Å². The predicted octanol–water partition coefficient (Wildman–Crippen LogP) is 9.06.